The zero-order valence-corrected chi connectivity index (χ0v) is 16.6. The fourth-order valence-corrected chi connectivity index (χ4v) is 3.22. The van der Waals surface area contributed by atoms with Crippen LogP contribution < -0.4 is 9.47 Å². The van der Waals surface area contributed by atoms with Gasteiger partial charge in [-0.15, -0.1) is 0 Å². The van der Waals surface area contributed by atoms with Gasteiger partial charge in [0, 0.05) is 17.9 Å². The van der Waals surface area contributed by atoms with Crippen molar-refractivity contribution in [3.05, 3.63) is 71.4 Å². The van der Waals surface area contributed by atoms with Crippen LogP contribution in [0.25, 0.3) is 0 Å². The van der Waals surface area contributed by atoms with Crippen LogP contribution in [0, 0.1) is 11.6 Å². The van der Waals surface area contributed by atoms with E-state index in [1.54, 1.807) is 37.4 Å². The van der Waals surface area contributed by atoms with Crippen LogP contribution in [0.5, 0.6) is 17.4 Å². The van der Waals surface area contributed by atoms with Crippen molar-refractivity contribution in [2.75, 3.05) is 7.11 Å². The van der Waals surface area contributed by atoms with E-state index in [0.29, 0.717) is 22.3 Å². The summed E-state index contributed by atoms with van der Waals surface area (Å²) in [5.41, 5.74) is 1.21. The molecule has 146 valence electrons. The van der Waals surface area contributed by atoms with Crippen LogP contribution >= 0.6 is 11.8 Å². The van der Waals surface area contributed by atoms with Crippen molar-refractivity contribution in [1.29, 1.82) is 0 Å². The van der Waals surface area contributed by atoms with Gasteiger partial charge in [0.15, 0.2) is 5.16 Å². The van der Waals surface area contributed by atoms with E-state index < -0.39 is 11.6 Å². The number of methoxy groups -OCH3 is 1. The molecule has 0 spiro atoms. The molecule has 0 aliphatic carbocycles. The molecular formula is C21H20F2N2O2S. The number of hydrogen-bond donors (Lipinski definition) is 0. The molecule has 0 bridgehead atoms. The normalized spacial score (nSPS) is 10.9. The summed E-state index contributed by atoms with van der Waals surface area (Å²) in [5, 5.41) is 0.471. The quantitative estimate of drug-likeness (QED) is 0.360. The Hall–Kier alpha value is -2.67. The van der Waals surface area contributed by atoms with Crippen molar-refractivity contribution >= 4 is 11.8 Å². The topological polar surface area (TPSA) is 44.2 Å². The second-order valence-electron chi connectivity index (χ2n) is 6.37. The monoisotopic (exact) mass is 402 g/mol. The summed E-state index contributed by atoms with van der Waals surface area (Å²) in [6.45, 7) is 4.04. The zero-order chi connectivity index (χ0) is 20.1. The van der Waals surface area contributed by atoms with Crippen LogP contribution in [0.4, 0.5) is 8.78 Å². The molecule has 0 saturated carbocycles. The summed E-state index contributed by atoms with van der Waals surface area (Å²) < 4.78 is 37.9. The molecular weight excluding hydrogens is 382 g/mol. The first-order chi connectivity index (χ1) is 13.4. The second kappa shape index (κ2) is 9.01. The maximum absolute atomic E-state index is 13.9. The van der Waals surface area contributed by atoms with Crippen molar-refractivity contribution in [3.63, 3.8) is 0 Å². The highest BCUT2D eigenvalue weighted by atomic mass is 32.2. The molecule has 0 amide bonds. The number of nitrogens with zero attached hydrogens (tertiary/aromatic N) is 2. The Morgan fingerprint density at radius 2 is 1.68 bits per heavy atom. The number of aromatic nitrogens is 2. The molecule has 0 aliphatic heterocycles. The molecule has 28 heavy (non-hydrogen) atoms. The van der Waals surface area contributed by atoms with Crippen molar-refractivity contribution < 1.29 is 18.3 Å². The van der Waals surface area contributed by atoms with Gasteiger partial charge in [0.1, 0.15) is 23.1 Å². The fourth-order valence-electron chi connectivity index (χ4n) is 2.38. The maximum atomic E-state index is 13.9. The highest BCUT2D eigenvalue weighted by Gasteiger charge is 2.12. The summed E-state index contributed by atoms with van der Waals surface area (Å²) >= 11 is 1.27. The predicted molar refractivity (Wildman–Crippen MR) is 105 cm³/mol. The lowest BCUT2D eigenvalue weighted by Gasteiger charge is -2.11. The molecule has 2 aromatic carbocycles. The highest BCUT2D eigenvalue weighted by Crippen LogP contribution is 2.29. The highest BCUT2D eigenvalue weighted by molar-refractivity contribution is 7.98. The van der Waals surface area contributed by atoms with Crippen LogP contribution in [0.1, 0.15) is 31.0 Å². The van der Waals surface area contributed by atoms with Crippen LogP contribution in [0.3, 0.4) is 0 Å². The summed E-state index contributed by atoms with van der Waals surface area (Å²) in [6, 6.07) is 12.5. The molecule has 3 aromatic rings. The Kier molecular flexibility index (Phi) is 6.46. The van der Waals surface area contributed by atoms with Gasteiger partial charge in [0.25, 0.3) is 0 Å². The minimum absolute atomic E-state index is 0.170. The summed E-state index contributed by atoms with van der Waals surface area (Å²) in [6.07, 6.45) is 0. The molecule has 3 rings (SSSR count). The average molecular weight is 402 g/mol. The zero-order valence-electron chi connectivity index (χ0n) is 15.8. The van der Waals surface area contributed by atoms with E-state index in [4.69, 9.17) is 9.47 Å². The van der Waals surface area contributed by atoms with Gasteiger partial charge in [-0.1, -0.05) is 31.7 Å². The van der Waals surface area contributed by atoms with Crippen LogP contribution in [-0.4, -0.2) is 17.1 Å². The van der Waals surface area contributed by atoms with Gasteiger partial charge >= 0.3 is 0 Å². The lowest BCUT2D eigenvalue weighted by molar-refractivity contribution is 0.411. The molecule has 0 N–H and O–H groups in total. The Morgan fingerprint density at radius 1 is 0.964 bits per heavy atom. The third-order valence-electron chi connectivity index (χ3n) is 3.95. The number of rotatable bonds is 7. The number of hydrogen-bond acceptors (Lipinski definition) is 5. The van der Waals surface area contributed by atoms with Gasteiger partial charge in [0.2, 0.25) is 5.88 Å². The van der Waals surface area contributed by atoms with E-state index in [0.717, 1.165) is 17.5 Å². The average Bonchev–Trinajstić information content (AvgIpc) is 2.67. The fraction of sp³-hybridized carbons (Fsp3) is 0.238. The van der Waals surface area contributed by atoms with Crippen molar-refractivity contribution in [2.45, 2.75) is 30.7 Å². The van der Waals surface area contributed by atoms with Crippen LogP contribution in [0.15, 0.2) is 53.7 Å². The first-order valence-corrected chi connectivity index (χ1v) is 9.71. The Morgan fingerprint density at radius 3 is 2.32 bits per heavy atom. The Bertz CT molecular complexity index is 950. The Balaban J connectivity index is 1.80. The standard InChI is InChI=1S/C21H20F2N2O2S/c1-13(2)19-11-20(27-17-8-6-16(26-3)7-9-17)25-21(24-19)28-12-14-4-5-15(22)10-18(14)23/h4-11,13H,12H2,1-3H3. The first-order valence-electron chi connectivity index (χ1n) is 8.72. The van der Waals surface area contributed by atoms with E-state index in [-0.39, 0.29) is 11.7 Å². The van der Waals surface area contributed by atoms with E-state index in [9.17, 15) is 8.78 Å². The van der Waals surface area contributed by atoms with Crippen molar-refractivity contribution in [3.8, 4) is 17.4 Å². The molecule has 7 heteroatoms. The molecule has 0 aliphatic rings. The van der Waals surface area contributed by atoms with Crippen LogP contribution in [0.2, 0.25) is 0 Å². The SMILES string of the molecule is COc1ccc(Oc2cc(C(C)C)nc(SCc3ccc(F)cc3F)n2)cc1. The van der Waals surface area contributed by atoms with Crippen LogP contribution in [-0.2, 0) is 5.75 Å². The summed E-state index contributed by atoms with van der Waals surface area (Å²) in [7, 11) is 1.60. The van der Waals surface area contributed by atoms with E-state index in [1.807, 2.05) is 13.8 Å². The van der Waals surface area contributed by atoms with E-state index in [1.165, 1.54) is 23.9 Å². The van der Waals surface area contributed by atoms with Crippen molar-refractivity contribution in [1.82, 2.24) is 9.97 Å². The summed E-state index contributed by atoms with van der Waals surface area (Å²) in [5.74, 6) is 1.04. The minimum atomic E-state index is -0.598. The number of ether oxygens (including phenoxy) is 2. The molecule has 4 nitrogen and oxygen atoms in total. The minimum Gasteiger partial charge on any atom is -0.497 e. The summed E-state index contributed by atoms with van der Waals surface area (Å²) in [4.78, 5) is 8.94. The van der Waals surface area contributed by atoms with Gasteiger partial charge in [0.05, 0.1) is 12.8 Å². The lowest BCUT2D eigenvalue weighted by atomic mass is 10.1. The number of halogens is 2. The van der Waals surface area contributed by atoms with E-state index in [2.05, 4.69) is 9.97 Å². The third kappa shape index (κ3) is 5.19. The molecule has 1 aromatic heterocycles. The number of thioether (sulfide) groups is 1. The number of benzene rings is 2. The molecule has 1 heterocycles. The smallest absolute Gasteiger partial charge is 0.223 e. The molecule has 0 fully saturated rings. The molecule has 0 unspecified atom stereocenters. The third-order valence-corrected chi connectivity index (χ3v) is 4.84. The van der Waals surface area contributed by atoms with Gasteiger partial charge < -0.3 is 9.47 Å². The second-order valence-corrected chi connectivity index (χ2v) is 7.31. The maximum Gasteiger partial charge on any atom is 0.223 e. The van der Waals surface area contributed by atoms with Crippen molar-refractivity contribution in [2.24, 2.45) is 0 Å². The first kappa shape index (κ1) is 20.1. The van der Waals surface area contributed by atoms with Gasteiger partial charge in [-0.2, -0.15) is 4.98 Å². The Labute approximate surface area is 166 Å². The molecule has 0 saturated heterocycles. The van der Waals surface area contributed by atoms with E-state index >= 15 is 0 Å². The van der Waals surface area contributed by atoms with Gasteiger partial charge in [-0.3, -0.25) is 0 Å². The molecule has 0 radical (unpaired) electrons. The molecule has 0 atom stereocenters. The predicted octanol–water partition coefficient (Wildman–Crippen LogP) is 5.97. The largest absolute Gasteiger partial charge is 0.497 e. The van der Waals surface area contributed by atoms with Gasteiger partial charge in [-0.25, -0.2) is 13.8 Å². The van der Waals surface area contributed by atoms with Gasteiger partial charge in [-0.05, 0) is 41.8 Å². The lowest BCUT2D eigenvalue weighted by Crippen LogP contribution is -2.00.